The first-order valence-electron chi connectivity index (χ1n) is 11.8. The van der Waals surface area contributed by atoms with E-state index in [9.17, 15) is 26.4 Å². The molecule has 0 aromatic heterocycles. The summed E-state index contributed by atoms with van der Waals surface area (Å²) in [5.41, 5.74) is 2.75. The Morgan fingerprint density at radius 2 is 1.72 bits per heavy atom. The van der Waals surface area contributed by atoms with Gasteiger partial charge in [-0.05, 0) is 61.2 Å². The summed E-state index contributed by atoms with van der Waals surface area (Å²) in [5, 5.41) is 0. The van der Waals surface area contributed by atoms with E-state index in [2.05, 4.69) is 11.0 Å². The third kappa shape index (κ3) is 4.66. The van der Waals surface area contributed by atoms with Crippen molar-refractivity contribution in [1.82, 2.24) is 4.90 Å². The van der Waals surface area contributed by atoms with Crippen molar-refractivity contribution in [2.75, 3.05) is 24.4 Å². The van der Waals surface area contributed by atoms with Crippen LogP contribution < -0.4 is 9.64 Å². The van der Waals surface area contributed by atoms with Crippen LogP contribution in [-0.4, -0.2) is 63.1 Å². The molecular weight excluding hydrogens is 497 g/mol. The van der Waals surface area contributed by atoms with Crippen LogP contribution >= 0.6 is 0 Å². The van der Waals surface area contributed by atoms with Crippen molar-refractivity contribution >= 4 is 21.4 Å². The summed E-state index contributed by atoms with van der Waals surface area (Å²) in [7, 11) is -3.70. The Hall–Kier alpha value is -2.79. The van der Waals surface area contributed by atoms with Crippen molar-refractivity contribution in [3.05, 3.63) is 53.1 Å². The minimum atomic E-state index is -4.64. The van der Waals surface area contributed by atoms with E-state index in [1.165, 1.54) is 4.90 Å². The number of sulfone groups is 1. The standard InChI is InChI=1S/C25H27F3N2O5S/c1-15(25(26,27)28)35-23-8-7-21(36(2,32)33)10-22(23)24(31)29-11-16-3-4-18(9-17(16)12-29)30-19-5-6-20(30)14-34-13-19/h3-4,7-10,15,19-20H,5-6,11-14H2,1-2H3/t15-,19+,20?/m0/s1. The average molecular weight is 525 g/mol. The normalized spacial score (nSPS) is 22.5. The quantitative estimate of drug-likeness (QED) is 0.590. The Kier molecular flexibility index (Phi) is 6.19. The van der Waals surface area contributed by atoms with Crippen LogP contribution in [0.15, 0.2) is 41.3 Å². The summed E-state index contributed by atoms with van der Waals surface area (Å²) in [5.74, 6) is -0.896. The maximum atomic E-state index is 13.5. The molecule has 0 radical (unpaired) electrons. The molecule has 0 saturated carbocycles. The Labute approximate surface area is 207 Å². The van der Waals surface area contributed by atoms with Crippen molar-refractivity contribution < 1.29 is 35.9 Å². The van der Waals surface area contributed by atoms with Gasteiger partial charge < -0.3 is 19.3 Å². The van der Waals surface area contributed by atoms with Crippen molar-refractivity contribution in [3.8, 4) is 5.75 Å². The zero-order valence-corrected chi connectivity index (χ0v) is 20.7. The number of hydrogen-bond donors (Lipinski definition) is 0. The molecule has 2 bridgehead atoms. The van der Waals surface area contributed by atoms with E-state index in [0.717, 1.165) is 61.0 Å². The summed E-state index contributed by atoms with van der Waals surface area (Å²) in [6.45, 7) is 2.74. The first kappa shape index (κ1) is 24.9. The lowest BCUT2D eigenvalue weighted by molar-refractivity contribution is -0.189. The lowest BCUT2D eigenvalue weighted by atomic mass is 10.1. The molecule has 3 atom stereocenters. The predicted octanol–water partition coefficient (Wildman–Crippen LogP) is 3.94. The molecule has 5 rings (SSSR count). The van der Waals surface area contributed by atoms with Crippen LogP contribution in [0.4, 0.5) is 18.9 Å². The van der Waals surface area contributed by atoms with E-state index in [1.807, 2.05) is 12.1 Å². The van der Waals surface area contributed by atoms with E-state index < -0.39 is 28.0 Å². The minimum absolute atomic E-state index is 0.167. The zero-order chi connectivity index (χ0) is 25.8. The first-order chi connectivity index (χ1) is 16.9. The largest absolute Gasteiger partial charge is 0.480 e. The molecule has 3 heterocycles. The molecule has 2 saturated heterocycles. The highest BCUT2D eigenvalue weighted by molar-refractivity contribution is 7.90. The number of fused-ring (bicyclic) bond motifs is 3. The molecule has 2 aromatic rings. The molecule has 11 heteroatoms. The van der Waals surface area contributed by atoms with Crippen LogP contribution in [0, 0.1) is 0 Å². The highest BCUT2D eigenvalue weighted by Crippen LogP contribution is 2.37. The van der Waals surface area contributed by atoms with Crippen molar-refractivity contribution in [2.45, 2.75) is 62.1 Å². The molecule has 1 amide bonds. The summed E-state index contributed by atoms with van der Waals surface area (Å²) >= 11 is 0. The second kappa shape index (κ2) is 8.95. The summed E-state index contributed by atoms with van der Waals surface area (Å²) in [6, 6.07) is 10.1. The zero-order valence-electron chi connectivity index (χ0n) is 19.9. The Balaban J connectivity index is 1.42. The number of rotatable bonds is 5. The van der Waals surface area contributed by atoms with Crippen molar-refractivity contribution in [3.63, 3.8) is 0 Å². The molecular formula is C25H27F3N2O5S. The van der Waals surface area contributed by atoms with Crippen LogP contribution in [0.5, 0.6) is 5.75 Å². The van der Waals surface area contributed by atoms with Crippen LogP contribution in [0.25, 0.3) is 0 Å². The topological polar surface area (TPSA) is 76.2 Å². The van der Waals surface area contributed by atoms with E-state index in [1.54, 1.807) is 0 Å². The summed E-state index contributed by atoms with van der Waals surface area (Å²) in [6.07, 6.45) is -3.70. The summed E-state index contributed by atoms with van der Waals surface area (Å²) in [4.78, 5) is 17.2. The van der Waals surface area contributed by atoms with Gasteiger partial charge in [-0.25, -0.2) is 8.42 Å². The van der Waals surface area contributed by atoms with E-state index in [0.29, 0.717) is 25.3 Å². The third-order valence-electron chi connectivity index (χ3n) is 7.11. The molecule has 2 aromatic carbocycles. The fourth-order valence-corrected chi connectivity index (χ4v) is 5.82. The SMILES string of the molecule is C[C@H](Oc1ccc(S(C)(=O)=O)cc1C(=O)N1Cc2ccc(N3C4CC[C@@H]3COC4)cc2C1)C(F)(F)F. The number of ether oxygens (including phenoxy) is 2. The van der Waals surface area contributed by atoms with Gasteiger partial charge >= 0.3 is 6.18 Å². The van der Waals surface area contributed by atoms with Gasteiger partial charge in [0.25, 0.3) is 5.91 Å². The molecule has 7 nitrogen and oxygen atoms in total. The lowest BCUT2D eigenvalue weighted by Gasteiger charge is -2.36. The molecule has 0 spiro atoms. The van der Waals surface area contributed by atoms with Crippen LogP contribution in [-0.2, 0) is 27.7 Å². The predicted molar refractivity (Wildman–Crippen MR) is 126 cm³/mol. The van der Waals surface area contributed by atoms with Crippen molar-refractivity contribution in [2.24, 2.45) is 0 Å². The number of carbonyl (C=O) groups is 1. The number of benzene rings is 2. The number of nitrogens with zero attached hydrogens (tertiary/aromatic N) is 2. The number of hydrogen-bond acceptors (Lipinski definition) is 6. The molecule has 0 N–H and O–H groups in total. The molecule has 36 heavy (non-hydrogen) atoms. The molecule has 3 aliphatic heterocycles. The molecule has 0 aliphatic carbocycles. The van der Waals surface area contributed by atoms with E-state index >= 15 is 0 Å². The van der Waals surface area contributed by atoms with Gasteiger partial charge in [-0.3, -0.25) is 4.79 Å². The second-order valence-electron chi connectivity index (χ2n) is 9.68. The lowest BCUT2D eigenvalue weighted by Crippen LogP contribution is -2.45. The second-order valence-corrected chi connectivity index (χ2v) is 11.7. The van der Waals surface area contributed by atoms with Crippen molar-refractivity contribution in [1.29, 1.82) is 0 Å². The Morgan fingerprint density at radius 1 is 1.06 bits per heavy atom. The maximum absolute atomic E-state index is 13.5. The summed E-state index contributed by atoms with van der Waals surface area (Å²) < 4.78 is 74.3. The number of carbonyl (C=O) groups excluding carboxylic acids is 1. The highest BCUT2D eigenvalue weighted by atomic mass is 32.2. The minimum Gasteiger partial charge on any atom is -0.480 e. The number of amides is 1. The van der Waals surface area contributed by atoms with Gasteiger partial charge in [-0.2, -0.15) is 13.2 Å². The number of halogens is 3. The highest BCUT2D eigenvalue weighted by Gasteiger charge is 2.40. The molecule has 3 aliphatic rings. The van der Waals surface area contributed by atoms with Gasteiger partial charge in [0.2, 0.25) is 0 Å². The fraction of sp³-hybridized carbons (Fsp3) is 0.480. The van der Waals surface area contributed by atoms with E-state index in [-0.39, 0.29) is 29.3 Å². The van der Waals surface area contributed by atoms with Crippen LogP contribution in [0.1, 0.15) is 41.3 Å². The maximum Gasteiger partial charge on any atom is 0.425 e. The smallest absolute Gasteiger partial charge is 0.425 e. The molecule has 1 unspecified atom stereocenters. The Bertz CT molecular complexity index is 1280. The number of morpholine rings is 1. The Morgan fingerprint density at radius 3 is 2.36 bits per heavy atom. The molecule has 194 valence electrons. The monoisotopic (exact) mass is 524 g/mol. The van der Waals surface area contributed by atoms with Gasteiger partial charge in [0, 0.05) is 25.0 Å². The number of anilines is 1. The number of alkyl halides is 3. The van der Waals surface area contributed by atoms with Gasteiger partial charge in [-0.15, -0.1) is 0 Å². The van der Waals surface area contributed by atoms with Gasteiger partial charge in [0.1, 0.15) is 5.75 Å². The average Bonchev–Trinajstić information content (AvgIpc) is 3.34. The van der Waals surface area contributed by atoms with Gasteiger partial charge in [-0.1, -0.05) is 6.07 Å². The molecule has 2 fully saturated rings. The van der Waals surface area contributed by atoms with E-state index in [4.69, 9.17) is 9.47 Å². The third-order valence-corrected chi connectivity index (χ3v) is 8.22. The first-order valence-corrected chi connectivity index (χ1v) is 13.7. The van der Waals surface area contributed by atoms with Crippen LogP contribution in [0.3, 0.4) is 0 Å². The van der Waals surface area contributed by atoms with Crippen LogP contribution in [0.2, 0.25) is 0 Å². The van der Waals surface area contributed by atoms with Gasteiger partial charge in [0.15, 0.2) is 15.9 Å². The fourth-order valence-electron chi connectivity index (χ4n) is 5.17. The van der Waals surface area contributed by atoms with Gasteiger partial charge in [0.05, 0.1) is 35.8 Å².